The van der Waals surface area contributed by atoms with Gasteiger partial charge in [-0.2, -0.15) is 0 Å². The number of likely N-dealkylation sites (N-methyl/N-ethyl adjacent to an activating group) is 1. The average molecular weight is 286 g/mol. The van der Waals surface area contributed by atoms with Gasteiger partial charge in [0.2, 0.25) is 0 Å². The first-order valence-electron chi connectivity index (χ1n) is 8.60. The van der Waals surface area contributed by atoms with E-state index in [0.717, 1.165) is 0 Å². The fourth-order valence-corrected chi connectivity index (χ4v) is 4.26. The fourth-order valence-electron chi connectivity index (χ4n) is 4.26. The highest BCUT2D eigenvalue weighted by molar-refractivity contribution is 5.34. The summed E-state index contributed by atoms with van der Waals surface area (Å²) in [6, 6.07) is 10.2. The molecule has 1 heterocycles. The van der Waals surface area contributed by atoms with Crippen LogP contribution in [0.3, 0.4) is 0 Å². The van der Waals surface area contributed by atoms with Gasteiger partial charge in [-0.3, -0.25) is 4.90 Å². The van der Waals surface area contributed by atoms with E-state index in [2.05, 4.69) is 55.4 Å². The van der Waals surface area contributed by atoms with Gasteiger partial charge in [0.1, 0.15) is 0 Å². The topological polar surface area (TPSA) is 15.3 Å². The van der Waals surface area contributed by atoms with Crippen molar-refractivity contribution in [1.29, 1.82) is 0 Å². The van der Waals surface area contributed by atoms with Crippen LogP contribution in [0.1, 0.15) is 56.7 Å². The predicted octanol–water partition coefficient (Wildman–Crippen LogP) is 3.77. The standard InChI is InChI=1S/C19H30N2/c1-19(2)11-6-13-21(14-12-19)17-10-9-15-7-4-5-8-16(15)18(17)20-3/h4-5,7-8,17-18,20H,6,9-14H2,1-3H3. The van der Waals surface area contributed by atoms with E-state index in [1.165, 1.54) is 50.8 Å². The molecule has 3 rings (SSSR count). The van der Waals surface area contributed by atoms with Crippen molar-refractivity contribution in [2.45, 2.75) is 58.0 Å². The molecule has 21 heavy (non-hydrogen) atoms. The predicted molar refractivity (Wildman–Crippen MR) is 89.6 cm³/mol. The molecule has 0 spiro atoms. The number of likely N-dealkylation sites (tertiary alicyclic amines) is 1. The molecule has 1 saturated heterocycles. The van der Waals surface area contributed by atoms with E-state index in [4.69, 9.17) is 0 Å². The smallest absolute Gasteiger partial charge is 0.0478 e. The molecule has 0 amide bonds. The van der Waals surface area contributed by atoms with Crippen LogP contribution < -0.4 is 5.32 Å². The summed E-state index contributed by atoms with van der Waals surface area (Å²) in [6.07, 6.45) is 6.59. The first-order chi connectivity index (χ1) is 10.1. The molecule has 1 fully saturated rings. The first-order valence-corrected chi connectivity index (χ1v) is 8.60. The number of nitrogens with one attached hydrogen (secondary N) is 1. The van der Waals surface area contributed by atoms with E-state index in [1.807, 2.05) is 0 Å². The highest BCUT2D eigenvalue weighted by atomic mass is 15.2. The molecule has 1 N–H and O–H groups in total. The minimum Gasteiger partial charge on any atom is -0.312 e. The van der Waals surface area contributed by atoms with Crippen LogP contribution >= 0.6 is 0 Å². The highest BCUT2D eigenvalue weighted by Crippen LogP contribution is 2.36. The Morgan fingerprint density at radius 3 is 2.76 bits per heavy atom. The monoisotopic (exact) mass is 286 g/mol. The molecule has 0 radical (unpaired) electrons. The Labute approximate surface area is 129 Å². The Hall–Kier alpha value is -0.860. The van der Waals surface area contributed by atoms with Crippen LogP contribution in [0.5, 0.6) is 0 Å². The molecule has 0 aromatic heterocycles. The van der Waals surface area contributed by atoms with Gasteiger partial charge in [-0.25, -0.2) is 0 Å². The Bertz CT molecular complexity index is 480. The number of rotatable bonds is 2. The summed E-state index contributed by atoms with van der Waals surface area (Å²) in [5.41, 5.74) is 3.60. The van der Waals surface area contributed by atoms with E-state index in [1.54, 1.807) is 5.56 Å². The zero-order valence-electron chi connectivity index (χ0n) is 13.9. The maximum atomic E-state index is 3.61. The van der Waals surface area contributed by atoms with Crippen molar-refractivity contribution in [3.63, 3.8) is 0 Å². The SMILES string of the molecule is CNC1c2ccccc2CCC1N1CCCC(C)(C)CC1. The van der Waals surface area contributed by atoms with Crippen molar-refractivity contribution >= 4 is 0 Å². The van der Waals surface area contributed by atoms with Gasteiger partial charge in [-0.05, 0) is 68.8 Å². The lowest BCUT2D eigenvalue weighted by atomic mass is 9.83. The fraction of sp³-hybridized carbons (Fsp3) is 0.684. The van der Waals surface area contributed by atoms with E-state index >= 15 is 0 Å². The van der Waals surface area contributed by atoms with Crippen LogP contribution in [0, 0.1) is 5.41 Å². The van der Waals surface area contributed by atoms with Crippen molar-refractivity contribution < 1.29 is 0 Å². The third kappa shape index (κ3) is 3.17. The third-order valence-corrected chi connectivity index (χ3v) is 5.64. The molecule has 2 heteroatoms. The number of hydrogen-bond donors (Lipinski definition) is 1. The Balaban J connectivity index is 1.79. The summed E-state index contributed by atoms with van der Waals surface area (Å²) in [5, 5.41) is 3.61. The normalized spacial score (nSPS) is 29.7. The molecule has 2 atom stereocenters. The second-order valence-electron chi connectivity index (χ2n) is 7.62. The van der Waals surface area contributed by atoms with Crippen molar-refractivity contribution in [3.8, 4) is 0 Å². The molecule has 116 valence electrons. The minimum atomic E-state index is 0.496. The number of aryl methyl sites for hydroxylation is 1. The van der Waals surface area contributed by atoms with Crippen molar-refractivity contribution in [2.75, 3.05) is 20.1 Å². The second-order valence-corrected chi connectivity index (χ2v) is 7.62. The Morgan fingerprint density at radius 2 is 1.95 bits per heavy atom. The molecule has 1 aromatic carbocycles. The molecular weight excluding hydrogens is 256 g/mol. The number of nitrogens with zero attached hydrogens (tertiary/aromatic N) is 1. The Kier molecular flexibility index (Phi) is 4.37. The molecule has 1 aromatic rings. The molecule has 1 aliphatic heterocycles. The molecule has 0 saturated carbocycles. The lowest BCUT2D eigenvalue weighted by Crippen LogP contribution is -2.47. The van der Waals surface area contributed by atoms with Crippen LogP contribution in [-0.4, -0.2) is 31.1 Å². The summed E-state index contributed by atoms with van der Waals surface area (Å²) < 4.78 is 0. The lowest BCUT2D eigenvalue weighted by Gasteiger charge is -2.41. The zero-order valence-corrected chi connectivity index (χ0v) is 13.9. The summed E-state index contributed by atoms with van der Waals surface area (Å²) >= 11 is 0. The van der Waals surface area contributed by atoms with E-state index in [0.29, 0.717) is 17.5 Å². The molecule has 0 bridgehead atoms. The quantitative estimate of drug-likeness (QED) is 0.890. The molecule has 2 nitrogen and oxygen atoms in total. The second kappa shape index (κ2) is 6.10. The van der Waals surface area contributed by atoms with Gasteiger partial charge in [0.25, 0.3) is 0 Å². The molecule has 2 unspecified atom stereocenters. The molecular formula is C19H30N2. The highest BCUT2D eigenvalue weighted by Gasteiger charge is 2.34. The zero-order chi connectivity index (χ0) is 14.9. The average Bonchev–Trinajstić information content (AvgIpc) is 2.67. The van der Waals surface area contributed by atoms with E-state index in [9.17, 15) is 0 Å². The third-order valence-electron chi connectivity index (χ3n) is 5.64. The van der Waals surface area contributed by atoms with Gasteiger partial charge < -0.3 is 5.32 Å². The maximum Gasteiger partial charge on any atom is 0.0478 e. The van der Waals surface area contributed by atoms with Crippen molar-refractivity contribution in [3.05, 3.63) is 35.4 Å². The molecule has 1 aliphatic carbocycles. The minimum absolute atomic E-state index is 0.496. The Morgan fingerprint density at radius 1 is 1.14 bits per heavy atom. The van der Waals surface area contributed by atoms with Crippen LogP contribution in [0.15, 0.2) is 24.3 Å². The van der Waals surface area contributed by atoms with Gasteiger partial charge >= 0.3 is 0 Å². The summed E-state index contributed by atoms with van der Waals surface area (Å²) in [6.45, 7) is 7.40. The van der Waals surface area contributed by atoms with Gasteiger partial charge in [0.05, 0.1) is 0 Å². The van der Waals surface area contributed by atoms with E-state index in [-0.39, 0.29) is 0 Å². The van der Waals surface area contributed by atoms with Crippen LogP contribution in [0.2, 0.25) is 0 Å². The first kappa shape index (κ1) is 15.1. The number of hydrogen-bond acceptors (Lipinski definition) is 2. The van der Waals surface area contributed by atoms with Crippen molar-refractivity contribution in [2.24, 2.45) is 5.41 Å². The summed E-state index contributed by atoms with van der Waals surface area (Å²) in [7, 11) is 2.13. The summed E-state index contributed by atoms with van der Waals surface area (Å²) in [4.78, 5) is 2.77. The van der Waals surface area contributed by atoms with Gasteiger partial charge in [-0.15, -0.1) is 0 Å². The van der Waals surface area contributed by atoms with Gasteiger partial charge in [-0.1, -0.05) is 38.1 Å². The van der Waals surface area contributed by atoms with Crippen LogP contribution in [-0.2, 0) is 6.42 Å². The van der Waals surface area contributed by atoms with Gasteiger partial charge in [0.15, 0.2) is 0 Å². The lowest BCUT2D eigenvalue weighted by molar-refractivity contribution is 0.143. The maximum absolute atomic E-state index is 3.61. The molecule has 2 aliphatic rings. The van der Waals surface area contributed by atoms with Crippen LogP contribution in [0.4, 0.5) is 0 Å². The van der Waals surface area contributed by atoms with E-state index < -0.39 is 0 Å². The van der Waals surface area contributed by atoms with Crippen LogP contribution in [0.25, 0.3) is 0 Å². The van der Waals surface area contributed by atoms with Crippen molar-refractivity contribution in [1.82, 2.24) is 10.2 Å². The van der Waals surface area contributed by atoms with Gasteiger partial charge in [0, 0.05) is 12.1 Å². The largest absolute Gasteiger partial charge is 0.312 e. The number of benzene rings is 1. The number of fused-ring (bicyclic) bond motifs is 1. The summed E-state index contributed by atoms with van der Waals surface area (Å²) in [5.74, 6) is 0.